The Labute approximate surface area is 183 Å². The van der Waals surface area contributed by atoms with Gasteiger partial charge in [-0.2, -0.15) is 0 Å². The Morgan fingerprint density at radius 3 is 2.52 bits per heavy atom. The zero-order chi connectivity index (χ0) is 22.2. The number of nitrogens with zero attached hydrogens (tertiary/aromatic N) is 2. The molecular formula is C24H29N3O4. The molecule has 0 aliphatic heterocycles. The summed E-state index contributed by atoms with van der Waals surface area (Å²) in [5, 5.41) is 2.87. The molecule has 0 saturated heterocycles. The molecule has 1 N–H and O–H groups in total. The Kier molecular flexibility index (Phi) is 7.67. The van der Waals surface area contributed by atoms with Crippen LogP contribution >= 0.6 is 0 Å². The Bertz CT molecular complexity index is 985. The lowest BCUT2D eigenvalue weighted by Crippen LogP contribution is -2.30. The molecule has 1 amide bonds. The number of oxazole rings is 1. The average molecular weight is 424 g/mol. The number of hydrogen-bond donors (Lipinski definition) is 1. The maximum absolute atomic E-state index is 12.4. The molecule has 3 aromatic rings. The van der Waals surface area contributed by atoms with E-state index >= 15 is 0 Å². The number of carbonyl (C=O) groups is 1. The number of nitrogens with one attached hydrogen (secondary N) is 1. The second-order valence-corrected chi connectivity index (χ2v) is 7.45. The van der Waals surface area contributed by atoms with E-state index in [4.69, 9.17) is 13.9 Å². The van der Waals surface area contributed by atoms with Gasteiger partial charge in [-0.3, -0.25) is 9.69 Å². The van der Waals surface area contributed by atoms with Crippen LogP contribution in [0.1, 0.15) is 41.4 Å². The predicted octanol–water partition coefficient (Wildman–Crippen LogP) is 4.03. The van der Waals surface area contributed by atoms with Gasteiger partial charge in [0.05, 0.1) is 20.8 Å². The molecule has 1 heterocycles. The van der Waals surface area contributed by atoms with Crippen molar-refractivity contribution in [3.63, 3.8) is 0 Å². The van der Waals surface area contributed by atoms with Crippen molar-refractivity contribution in [2.24, 2.45) is 0 Å². The highest BCUT2D eigenvalue weighted by Crippen LogP contribution is 2.32. The number of rotatable bonds is 10. The SMILES string of the molecule is COc1cccc(CN(Cc2nc(C(=O)NCc3ccccc3)co2)C(C)C)c1OC. The van der Waals surface area contributed by atoms with E-state index in [1.54, 1.807) is 14.2 Å². The van der Waals surface area contributed by atoms with Gasteiger partial charge >= 0.3 is 0 Å². The minimum atomic E-state index is -0.260. The molecule has 0 aliphatic carbocycles. The molecule has 2 aromatic carbocycles. The van der Waals surface area contributed by atoms with Gasteiger partial charge in [0.1, 0.15) is 6.26 Å². The summed E-state index contributed by atoms with van der Waals surface area (Å²) >= 11 is 0. The second-order valence-electron chi connectivity index (χ2n) is 7.45. The van der Waals surface area contributed by atoms with Gasteiger partial charge in [-0.25, -0.2) is 4.98 Å². The monoisotopic (exact) mass is 423 g/mol. The number of methoxy groups -OCH3 is 2. The van der Waals surface area contributed by atoms with E-state index in [1.165, 1.54) is 6.26 Å². The number of carbonyl (C=O) groups excluding carboxylic acids is 1. The lowest BCUT2D eigenvalue weighted by molar-refractivity contribution is 0.0945. The smallest absolute Gasteiger partial charge is 0.273 e. The molecular weight excluding hydrogens is 394 g/mol. The number of para-hydroxylation sites is 1. The fourth-order valence-corrected chi connectivity index (χ4v) is 3.25. The zero-order valence-corrected chi connectivity index (χ0v) is 18.4. The summed E-state index contributed by atoms with van der Waals surface area (Å²) in [4.78, 5) is 19.0. The Hall–Kier alpha value is -3.32. The van der Waals surface area contributed by atoms with Gasteiger partial charge in [0.25, 0.3) is 5.91 Å². The standard InChI is InChI=1S/C24H29N3O4/c1-17(2)27(14-19-11-8-12-21(29-3)23(19)30-4)15-22-26-20(16-31-22)24(28)25-13-18-9-6-5-7-10-18/h5-12,16-17H,13-15H2,1-4H3,(H,25,28). The lowest BCUT2D eigenvalue weighted by Gasteiger charge is -2.26. The number of ether oxygens (including phenoxy) is 2. The fraction of sp³-hybridized carbons (Fsp3) is 0.333. The number of benzene rings is 2. The summed E-state index contributed by atoms with van der Waals surface area (Å²) in [5.41, 5.74) is 2.30. The van der Waals surface area contributed by atoms with E-state index < -0.39 is 0 Å². The Morgan fingerprint density at radius 1 is 1.06 bits per heavy atom. The summed E-state index contributed by atoms with van der Waals surface area (Å²) in [6, 6.07) is 15.8. The van der Waals surface area contributed by atoms with Gasteiger partial charge < -0.3 is 19.2 Å². The normalized spacial score (nSPS) is 11.0. The van der Waals surface area contributed by atoms with E-state index in [0.717, 1.165) is 11.1 Å². The van der Waals surface area contributed by atoms with Crippen molar-refractivity contribution in [3.05, 3.63) is 77.5 Å². The van der Waals surface area contributed by atoms with E-state index in [2.05, 4.69) is 29.0 Å². The van der Waals surface area contributed by atoms with E-state index in [1.807, 2.05) is 48.5 Å². The predicted molar refractivity (Wildman–Crippen MR) is 118 cm³/mol. The number of hydrogen-bond acceptors (Lipinski definition) is 6. The van der Waals surface area contributed by atoms with Gasteiger partial charge in [-0.05, 0) is 25.5 Å². The van der Waals surface area contributed by atoms with Crippen LogP contribution in [0.3, 0.4) is 0 Å². The van der Waals surface area contributed by atoms with Gasteiger partial charge in [0, 0.05) is 24.7 Å². The molecule has 0 fully saturated rings. The van der Waals surface area contributed by atoms with Crippen LogP contribution in [0, 0.1) is 0 Å². The largest absolute Gasteiger partial charge is 0.493 e. The highest BCUT2D eigenvalue weighted by molar-refractivity contribution is 5.91. The average Bonchev–Trinajstić information content (AvgIpc) is 3.26. The third kappa shape index (κ3) is 5.86. The van der Waals surface area contributed by atoms with Crippen molar-refractivity contribution in [1.29, 1.82) is 0 Å². The first-order valence-electron chi connectivity index (χ1n) is 10.2. The van der Waals surface area contributed by atoms with Crippen molar-refractivity contribution in [2.45, 2.75) is 39.5 Å². The van der Waals surface area contributed by atoms with E-state index in [0.29, 0.717) is 37.0 Å². The summed E-state index contributed by atoms with van der Waals surface area (Å²) in [6.45, 7) is 5.72. The lowest BCUT2D eigenvalue weighted by atomic mass is 10.1. The molecule has 0 unspecified atom stereocenters. The Balaban J connectivity index is 1.66. The molecule has 31 heavy (non-hydrogen) atoms. The molecule has 164 valence electrons. The number of amides is 1. The van der Waals surface area contributed by atoms with Crippen LogP contribution in [0.25, 0.3) is 0 Å². The topological polar surface area (TPSA) is 76.8 Å². The van der Waals surface area contributed by atoms with Crippen LogP contribution in [0.15, 0.2) is 59.2 Å². The molecule has 0 aliphatic rings. The van der Waals surface area contributed by atoms with Crippen LogP contribution in [-0.2, 0) is 19.6 Å². The third-order valence-electron chi connectivity index (χ3n) is 5.01. The van der Waals surface area contributed by atoms with E-state index in [9.17, 15) is 4.79 Å². The molecule has 0 radical (unpaired) electrons. The molecule has 7 heteroatoms. The van der Waals surface area contributed by atoms with Crippen molar-refractivity contribution < 1.29 is 18.7 Å². The Morgan fingerprint density at radius 2 is 1.84 bits per heavy atom. The molecule has 0 saturated carbocycles. The minimum absolute atomic E-state index is 0.221. The van der Waals surface area contributed by atoms with Crippen LogP contribution < -0.4 is 14.8 Å². The zero-order valence-electron chi connectivity index (χ0n) is 18.4. The summed E-state index contributed by atoms with van der Waals surface area (Å²) in [6.07, 6.45) is 1.40. The molecule has 0 atom stereocenters. The van der Waals surface area contributed by atoms with Crippen LogP contribution in [0.4, 0.5) is 0 Å². The first-order valence-corrected chi connectivity index (χ1v) is 10.2. The summed E-state index contributed by atoms with van der Waals surface area (Å²) in [7, 11) is 3.26. The first-order chi connectivity index (χ1) is 15.0. The first kappa shape index (κ1) is 22.4. The minimum Gasteiger partial charge on any atom is -0.493 e. The fourth-order valence-electron chi connectivity index (χ4n) is 3.25. The molecule has 1 aromatic heterocycles. The third-order valence-corrected chi connectivity index (χ3v) is 5.01. The maximum atomic E-state index is 12.4. The van der Waals surface area contributed by atoms with Crippen molar-refractivity contribution in [2.75, 3.05) is 14.2 Å². The summed E-state index contributed by atoms with van der Waals surface area (Å²) < 4.78 is 16.5. The van der Waals surface area contributed by atoms with Crippen molar-refractivity contribution in [3.8, 4) is 11.5 Å². The van der Waals surface area contributed by atoms with Gasteiger partial charge in [-0.15, -0.1) is 0 Å². The molecule has 0 spiro atoms. The molecule has 0 bridgehead atoms. The van der Waals surface area contributed by atoms with Gasteiger partial charge in [0.2, 0.25) is 5.89 Å². The molecule has 3 rings (SSSR count). The van der Waals surface area contributed by atoms with Crippen molar-refractivity contribution in [1.82, 2.24) is 15.2 Å². The quantitative estimate of drug-likeness (QED) is 0.531. The maximum Gasteiger partial charge on any atom is 0.273 e. The second kappa shape index (κ2) is 10.6. The molecule has 7 nitrogen and oxygen atoms in total. The van der Waals surface area contributed by atoms with Crippen LogP contribution in [0.2, 0.25) is 0 Å². The number of aromatic nitrogens is 1. The highest BCUT2D eigenvalue weighted by atomic mass is 16.5. The highest BCUT2D eigenvalue weighted by Gasteiger charge is 2.19. The van der Waals surface area contributed by atoms with Crippen molar-refractivity contribution >= 4 is 5.91 Å². The summed E-state index contributed by atoms with van der Waals surface area (Å²) in [5.74, 6) is 1.63. The van der Waals surface area contributed by atoms with Gasteiger partial charge in [0.15, 0.2) is 17.2 Å². The van der Waals surface area contributed by atoms with Crippen LogP contribution in [0.5, 0.6) is 11.5 Å². The van der Waals surface area contributed by atoms with Crippen LogP contribution in [-0.4, -0.2) is 36.1 Å². The van der Waals surface area contributed by atoms with E-state index in [-0.39, 0.29) is 17.6 Å². The van der Waals surface area contributed by atoms with Gasteiger partial charge in [-0.1, -0.05) is 42.5 Å².